The van der Waals surface area contributed by atoms with E-state index in [1.54, 1.807) is 11.1 Å². The molecule has 3 heteroatoms. The summed E-state index contributed by atoms with van der Waals surface area (Å²) in [5, 5.41) is 3.45. The molecule has 3 nitrogen and oxygen atoms in total. The van der Waals surface area contributed by atoms with Crippen LogP contribution in [0, 0.1) is 0 Å². The van der Waals surface area contributed by atoms with Crippen LogP contribution >= 0.6 is 0 Å². The fourth-order valence-corrected chi connectivity index (χ4v) is 2.62. The standard InChI is InChI=1S/C15H19N3/c1-18-8-7-17-15(18)11-16-10-12-5-6-13-3-2-4-14(13)9-12/h5-9,16H,2-4,10-11H2,1H3. The molecule has 1 aromatic heterocycles. The topological polar surface area (TPSA) is 29.9 Å². The van der Waals surface area contributed by atoms with Crippen molar-refractivity contribution in [3.63, 3.8) is 0 Å². The second-order valence-corrected chi connectivity index (χ2v) is 5.01. The molecule has 1 heterocycles. The SMILES string of the molecule is Cn1ccnc1CNCc1ccc2c(c1)CCC2. The molecule has 18 heavy (non-hydrogen) atoms. The minimum absolute atomic E-state index is 0.820. The number of fused-ring (bicyclic) bond motifs is 1. The number of rotatable bonds is 4. The molecule has 1 aliphatic carbocycles. The molecule has 0 bridgehead atoms. The molecule has 0 aliphatic heterocycles. The molecule has 1 aromatic carbocycles. The normalized spacial score (nSPS) is 13.8. The lowest BCUT2D eigenvalue weighted by Gasteiger charge is -2.07. The highest BCUT2D eigenvalue weighted by atomic mass is 15.1. The van der Waals surface area contributed by atoms with Crippen molar-refractivity contribution in [3.8, 4) is 0 Å². The van der Waals surface area contributed by atoms with Gasteiger partial charge < -0.3 is 9.88 Å². The average molecular weight is 241 g/mol. The zero-order valence-electron chi connectivity index (χ0n) is 10.8. The summed E-state index contributed by atoms with van der Waals surface area (Å²) in [6, 6.07) is 6.89. The Morgan fingerprint density at radius 2 is 2.11 bits per heavy atom. The predicted octanol–water partition coefficient (Wildman–Crippen LogP) is 2.20. The fraction of sp³-hybridized carbons (Fsp3) is 0.400. The highest BCUT2D eigenvalue weighted by Gasteiger charge is 2.10. The van der Waals surface area contributed by atoms with E-state index in [2.05, 4.69) is 33.1 Å². The highest BCUT2D eigenvalue weighted by molar-refractivity contribution is 5.35. The molecule has 1 aliphatic rings. The van der Waals surface area contributed by atoms with Gasteiger partial charge in [0.25, 0.3) is 0 Å². The maximum atomic E-state index is 4.31. The smallest absolute Gasteiger partial charge is 0.122 e. The van der Waals surface area contributed by atoms with Gasteiger partial charge in [0, 0.05) is 26.0 Å². The lowest BCUT2D eigenvalue weighted by molar-refractivity contribution is 0.638. The van der Waals surface area contributed by atoms with Crippen molar-refractivity contribution in [2.24, 2.45) is 7.05 Å². The van der Waals surface area contributed by atoms with Gasteiger partial charge in [0.15, 0.2) is 0 Å². The molecule has 0 fully saturated rings. The minimum Gasteiger partial charge on any atom is -0.337 e. The van der Waals surface area contributed by atoms with Crippen molar-refractivity contribution in [3.05, 3.63) is 53.1 Å². The highest BCUT2D eigenvalue weighted by Crippen LogP contribution is 2.22. The lowest BCUT2D eigenvalue weighted by Crippen LogP contribution is -2.15. The first-order chi connectivity index (χ1) is 8.83. The molecule has 0 radical (unpaired) electrons. The summed E-state index contributed by atoms with van der Waals surface area (Å²) >= 11 is 0. The van der Waals surface area contributed by atoms with Crippen molar-refractivity contribution in [2.45, 2.75) is 32.4 Å². The van der Waals surface area contributed by atoms with Gasteiger partial charge in [-0.15, -0.1) is 0 Å². The van der Waals surface area contributed by atoms with E-state index in [9.17, 15) is 0 Å². The third kappa shape index (κ3) is 2.31. The average Bonchev–Trinajstić information content (AvgIpc) is 2.98. The van der Waals surface area contributed by atoms with Gasteiger partial charge >= 0.3 is 0 Å². The Morgan fingerprint density at radius 1 is 1.22 bits per heavy atom. The van der Waals surface area contributed by atoms with Crippen LogP contribution in [-0.2, 0) is 33.0 Å². The van der Waals surface area contributed by atoms with Crippen molar-refractivity contribution < 1.29 is 0 Å². The molecule has 2 aromatic rings. The van der Waals surface area contributed by atoms with Crippen LogP contribution in [-0.4, -0.2) is 9.55 Å². The van der Waals surface area contributed by atoms with Gasteiger partial charge in [-0.2, -0.15) is 0 Å². The van der Waals surface area contributed by atoms with Gasteiger partial charge in [0.2, 0.25) is 0 Å². The van der Waals surface area contributed by atoms with Crippen molar-refractivity contribution in [2.75, 3.05) is 0 Å². The molecular formula is C15H19N3. The second kappa shape index (κ2) is 4.94. The van der Waals surface area contributed by atoms with Gasteiger partial charge in [-0.3, -0.25) is 0 Å². The van der Waals surface area contributed by atoms with Crippen LogP contribution in [0.3, 0.4) is 0 Å². The molecular weight excluding hydrogens is 222 g/mol. The summed E-state index contributed by atoms with van der Waals surface area (Å²) in [5.74, 6) is 1.08. The van der Waals surface area contributed by atoms with Crippen LogP contribution in [0.15, 0.2) is 30.6 Å². The van der Waals surface area contributed by atoms with Crippen molar-refractivity contribution >= 4 is 0 Å². The number of benzene rings is 1. The Balaban J connectivity index is 1.59. The minimum atomic E-state index is 0.820. The van der Waals surface area contributed by atoms with Crippen LogP contribution in [0.4, 0.5) is 0 Å². The van der Waals surface area contributed by atoms with E-state index in [-0.39, 0.29) is 0 Å². The Bertz CT molecular complexity index is 542. The Hall–Kier alpha value is -1.61. The van der Waals surface area contributed by atoms with Gasteiger partial charge in [-0.25, -0.2) is 4.98 Å². The van der Waals surface area contributed by atoms with Gasteiger partial charge in [0.05, 0.1) is 6.54 Å². The number of aryl methyl sites for hydroxylation is 3. The molecule has 94 valence electrons. The van der Waals surface area contributed by atoms with E-state index in [1.165, 1.54) is 24.8 Å². The Kier molecular flexibility index (Phi) is 3.15. The number of aromatic nitrogens is 2. The Morgan fingerprint density at radius 3 is 2.94 bits per heavy atom. The van der Waals surface area contributed by atoms with E-state index in [4.69, 9.17) is 0 Å². The first-order valence-electron chi connectivity index (χ1n) is 6.60. The van der Waals surface area contributed by atoms with Crippen molar-refractivity contribution in [1.29, 1.82) is 0 Å². The number of hydrogen-bond donors (Lipinski definition) is 1. The summed E-state index contributed by atoms with van der Waals surface area (Å²) < 4.78 is 2.05. The summed E-state index contributed by atoms with van der Waals surface area (Å²) in [6.07, 6.45) is 7.65. The zero-order valence-corrected chi connectivity index (χ0v) is 10.8. The summed E-state index contributed by atoms with van der Waals surface area (Å²) in [6.45, 7) is 1.74. The van der Waals surface area contributed by atoms with E-state index < -0.39 is 0 Å². The molecule has 0 spiro atoms. The predicted molar refractivity (Wildman–Crippen MR) is 72.2 cm³/mol. The summed E-state index contributed by atoms with van der Waals surface area (Å²) in [4.78, 5) is 4.31. The van der Waals surface area contributed by atoms with E-state index >= 15 is 0 Å². The third-order valence-corrected chi connectivity index (χ3v) is 3.70. The molecule has 1 N–H and O–H groups in total. The van der Waals surface area contributed by atoms with Crippen LogP contribution in [0.5, 0.6) is 0 Å². The quantitative estimate of drug-likeness (QED) is 0.889. The third-order valence-electron chi connectivity index (χ3n) is 3.70. The maximum Gasteiger partial charge on any atom is 0.122 e. The first kappa shape index (κ1) is 11.5. The van der Waals surface area contributed by atoms with E-state index in [1.807, 2.05) is 19.4 Å². The molecule has 0 saturated heterocycles. The number of imidazole rings is 1. The monoisotopic (exact) mass is 241 g/mol. The van der Waals surface area contributed by atoms with Gasteiger partial charge in [-0.05, 0) is 36.0 Å². The van der Waals surface area contributed by atoms with Crippen molar-refractivity contribution in [1.82, 2.24) is 14.9 Å². The molecule has 0 amide bonds. The van der Waals surface area contributed by atoms with Crippen LogP contribution < -0.4 is 5.32 Å². The molecule has 0 saturated carbocycles. The largest absolute Gasteiger partial charge is 0.337 e. The molecule has 0 unspecified atom stereocenters. The molecule has 0 atom stereocenters. The second-order valence-electron chi connectivity index (χ2n) is 5.01. The maximum absolute atomic E-state index is 4.31. The lowest BCUT2D eigenvalue weighted by atomic mass is 10.1. The molecule has 3 rings (SSSR count). The van der Waals surface area contributed by atoms with Gasteiger partial charge in [0.1, 0.15) is 5.82 Å². The Labute approximate surface area is 108 Å². The van der Waals surface area contributed by atoms with E-state index in [0.717, 1.165) is 18.9 Å². The van der Waals surface area contributed by atoms with Crippen LogP contribution in [0.1, 0.15) is 28.9 Å². The zero-order chi connectivity index (χ0) is 12.4. The number of nitrogens with zero attached hydrogens (tertiary/aromatic N) is 2. The number of nitrogens with one attached hydrogen (secondary N) is 1. The summed E-state index contributed by atoms with van der Waals surface area (Å²) in [5.41, 5.74) is 4.47. The van der Waals surface area contributed by atoms with Gasteiger partial charge in [-0.1, -0.05) is 18.2 Å². The number of hydrogen-bond acceptors (Lipinski definition) is 2. The fourth-order valence-electron chi connectivity index (χ4n) is 2.62. The van der Waals surface area contributed by atoms with E-state index in [0.29, 0.717) is 0 Å². The first-order valence-corrected chi connectivity index (χ1v) is 6.60. The van der Waals surface area contributed by atoms with Crippen LogP contribution in [0.25, 0.3) is 0 Å². The van der Waals surface area contributed by atoms with Crippen LogP contribution in [0.2, 0.25) is 0 Å². The summed E-state index contributed by atoms with van der Waals surface area (Å²) in [7, 11) is 2.03.